The molecule has 1 rings (SSSR count). The molecule has 0 aliphatic rings. The van der Waals surface area contributed by atoms with E-state index in [1.54, 1.807) is 4.68 Å². The lowest BCUT2D eigenvalue weighted by atomic mass is 10.3. The van der Waals surface area contributed by atoms with Gasteiger partial charge in [-0.2, -0.15) is 5.10 Å². The van der Waals surface area contributed by atoms with Crippen molar-refractivity contribution in [3.05, 3.63) is 18.0 Å². The molecule has 0 amide bonds. The molecule has 0 radical (unpaired) electrons. The van der Waals surface area contributed by atoms with Crippen LogP contribution >= 0.6 is 22.5 Å². The van der Waals surface area contributed by atoms with Crippen molar-refractivity contribution in [2.45, 2.75) is 18.7 Å². The fraction of sp³-hybridized carbons (Fsp3) is 0.571. The third-order valence-corrected chi connectivity index (χ3v) is 3.15. The van der Waals surface area contributed by atoms with Crippen molar-refractivity contribution in [2.24, 2.45) is 0 Å². The van der Waals surface area contributed by atoms with Gasteiger partial charge in [0.05, 0.1) is 19.3 Å². The maximum absolute atomic E-state index is 8.64. The summed E-state index contributed by atoms with van der Waals surface area (Å²) in [5, 5.41) is 13.1. The lowest BCUT2D eigenvalue weighted by Crippen LogP contribution is -2.01. The number of aliphatic hydroxyl groups is 1. The molecule has 5 heteroatoms. The minimum Gasteiger partial charge on any atom is -0.394 e. The Bertz CT molecular complexity index is 239. The van der Waals surface area contributed by atoms with Gasteiger partial charge in [-0.1, -0.05) is 10.8 Å². The van der Waals surface area contributed by atoms with Gasteiger partial charge in [0, 0.05) is 17.0 Å². The van der Waals surface area contributed by atoms with Crippen LogP contribution in [0.3, 0.4) is 0 Å². The second-order valence-corrected chi connectivity index (χ2v) is 4.06. The molecule has 0 aliphatic carbocycles. The van der Waals surface area contributed by atoms with Crippen molar-refractivity contribution in [1.82, 2.24) is 9.78 Å². The summed E-state index contributed by atoms with van der Waals surface area (Å²) < 4.78 is 1.73. The lowest BCUT2D eigenvalue weighted by Gasteiger charge is -2.01. The van der Waals surface area contributed by atoms with Crippen molar-refractivity contribution < 1.29 is 5.11 Å². The van der Waals surface area contributed by atoms with Crippen molar-refractivity contribution in [3.63, 3.8) is 0 Å². The monoisotopic (exact) mass is 204 g/mol. The van der Waals surface area contributed by atoms with Gasteiger partial charge < -0.3 is 5.11 Å². The van der Waals surface area contributed by atoms with Gasteiger partial charge in [0.2, 0.25) is 0 Å². The highest BCUT2D eigenvalue weighted by molar-refractivity contribution is 8.68. The van der Waals surface area contributed by atoms with E-state index in [-0.39, 0.29) is 6.61 Å². The average Bonchev–Trinajstić information content (AvgIpc) is 2.52. The van der Waals surface area contributed by atoms with Gasteiger partial charge in [-0.25, -0.2) is 0 Å². The fourth-order valence-electron chi connectivity index (χ4n) is 0.875. The zero-order valence-electron chi connectivity index (χ0n) is 6.84. The largest absolute Gasteiger partial charge is 0.394 e. The number of hydrogen-bond donors (Lipinski definition) is 2. The number of aromatic nitrogens is 2. The van der Waals surface area contributed by atoms with Gasteiger partial charge >= 0.3 is 0 Å². The minimum absolute atomic E-state index is 0.128. The van der Waals surface area contributed by atoms with E-state index in [1.807, 2.05) is 12.4 Å². The molecule has 1 unspecified atom stereocenters. The van der Waals surface area contributed by atoms with Gasteiger partial charge in [-0.3, -0.25) is 4.68 Å². The Morgan fingerprint density at radius 1 is 1.83 bits per heavy atom. The van der Waals surface area contributed by atoms with E-state index in [0.717, 1.165) is 5.56 Å². The smallest absolute Gasteiger partial charge is 0.0640 e. The molecule has 0 spiro atoms. The summed E-state index contributed by atoms with van der Waals surface area (Å²) in [5.41, 5.74) is 1.14. The molecule has 12 heavy (non-hydrogen) atoms. The van der Waals surface area contributed by atoms with Gasteiger partial charge in [-0.15, -0.1) is 11.7 Å². The summed E-state index contributed by atoms with van der Waals surface area (Å²) in [6.45, 7) is 2.76. The van der Waals surface area contributed by atoms with Crippen LogP contribution in [0.4, 0.5) is 0 Å². The Labute approximate surface area is 81.0 Å². The number of rotatable bonds is 4. The van der Waals surface area contributed by atoms with Crippen LogP contribution in [-0.2, 0) is 6.54 Å². The average molecular weight is 204 g/mol. The highest BCUT2D eigenvalue weighted by Gasteiger charge is 2.05. The van der Waals surface area contributed by atoms with E-state index in [2.05, 4.69) is 23.7 Å². The fourth-order valence-corrected chi connectivity index (χ4v) is 1.48. The summed E-state index contributed by atoms with van der Waals surface area (Å²) >= 11 is 4.12. The first-order valence-electron chi connectivity index (χ1n) is 3.71. The summed E-state index contributed by atoms with van der Waals surface area (Å²) in [5.74, 6) is 0. The molecule has 0 saturated carbocycles. The second kappa shape index (κ2) is 4.79. The van der Waals surface area contributed by atoms with Crippen molar-refractivity contribution >= 4 is 22.5 Å². The molecular formula is C7H12N2OS2. The van der Waals surface area contributed by atoms with E-state index in [1.165, 1.54) is 10.8 Å². The van der Waals surface area contributed by atoms with E-state index in [9.17, 15) is 0 Å². The maximum Gasteiger partial charge on any atom is 0.0640 e. The van der Waals surface area contributed by atoms with Crippen LogP contribution in [0, 0.1) is 0 Å². The van der Waals surface area contributed by atoms with E-state index in [4.69, 9.17) is 5.11 Å². The first-order chi connectivity index (χ1) is 5.77. The normalized spacial score (nSPS) is 13.2. The molecule has 0 aromatic carbocycles. The number of aliphatic hydroxyl groups excluding tert-OH is 1. The van der Waals surface area contributed by atoms with Crippen LogP contribution < -0.4 is 0 Å². The summed E-state index contributed by atoms with van der Waals surface area (Å²) in [6.07, 6.45) is 3.74. The molecule has 0 saturated heterocycles. The van der Waals surface area contributed by atoms with E-state index >= 15 is 0 Å². The van der Waals surface area contributed by atoms with Crippen LogP contribution in [0.2, 0.25) is 0 Å². The molecule has 1 atom stereocenters. The Kier molecular flexibility index (Phi) is 3.97. The quantitative estimate of drug-likeness (QED) is 0.577. The summed E-state index contributed by atoms with van der Waals surface area (Å²) in [4.78, 5) is 0. The molecule has 1 aromatic rings. The summed E-state index contributed by atoms with van der Waals surface area (Å²) in [7, 11) is 1.49. The first-order valence-corrected chi connectivity index (χ1v) is 5.64. The predicted molar refractivity (Wildman–Crippen MR) is 54.3 cm³/mol. The highest BCUT2D eigenvalue weighted by Crippen LogP contribution is 2.29. The van der Waals surface area contributed by atoms with E-state index in [0.29, 0.717) is 11.8 Å². The SMILES string of the molecule is CC(SS)c1cnn(CCO)c1. The second-order valence-electron chi connectivity index (χ2n) is 2.51. The lowest BCUT2D eigenvalue weighted by molar-refractivity contribution is 0.269. The Balaban J connectivity index is 2.63. The zero-order valence-corrected chi connectivity index (χ0v) is 8.55. The summed E-state index contributed by atoms with van der Waals surface area (Å²) in [6, 6.07) is 0. The number of hydrogen-bond acceptors (Lipinski definition) is 4. The Hall–Kier alpha value is -0.130. The van der Waals surface area contributed by atoms with Crippen molar-refractivity contribution in [2.75, 3.05) is 6.61 Å². The molecular weight excluding hydrogens is 192 g/mol. The van der Waals surface area contributed by atoms with Crippen LogP contribution in [0.25, 0.3) is 0 Å². The zero-order chi connectivity index (χ0) is 8.97. The molecule has 1 heterocycles. The minimum atomic E-state index is 0.128. The van der Waals surface area contributed by atoms with Crippen LogP contribution in [-0.4, -0.2) is 21.5 Å². The third-order valence-electron chi connectivity index (χ3n) is 1.61. The highest BCUT2D eigenvalue weighted by atomic mass is 33.1. The maximum atomic E-state index is 8.64. The molecule has 0 aliphatic heterocycles. The van der Waals surface area contributed by atoms with Gasteiger partial charge in [0.15, 0.2) is 0 Å². The standard InChI is InChI=1S/C7H12N2OS2/c1-6(12-11)7-4-8-9(5-7)2-3-10/h4-6,10-11H,2-3H2,1H3. The van der Waals surface area contributed by atoms with Crippen molar-refractivity contribution in [1.29, 1.82) is 0 Å². The molecule has 1 aromatic heterocycles. The Morgan fingerprint density at radius 2 is 2.58 bits per heavy atom. The third kappa shape index (κ3) is 2.43. The molecule has 0 bridgehead atoms. The number of nitrogens with zero attached hydrogens (tertiary/aromatic N) is 2. The molecule has 3 nitrogen and oxygen atoms in total. The van der Waals surface area contributed by atoms with Crippen LogP contribution in [0.15, 0.2) is 12.4 Å². The topological polar surface area (TPSA) is 38.0 Å². The van der Waals surface area contributed by atoms with Crippen molar-refractivity contribution in [3.8, 4) is 0 Å². The van der Waals surface area contributed by atoms with Crippen LogP contribution in [0.5, 0.6) is 0 Å². The first kappa shape index (κ1) is 9.95. The van der Waals surface area contributed by atoms with E-state index < -0.39 is 0 Å². The molecule has 0 fully saturated rings. The Morgan fingerprint density at radius 3 is 3.17 bits per heavy atom. The van der Waals surface area contributed by atoms with Gasteiger partial charge in [0.1, 0.15) is 0 Å². The van der Waals surface area contributed by atoms with Crippen LogP contribution in [0.1, 0.15) is 17.7 Å². The van der Waals surface area contributed by atoms with Gasteiger partial charge in [-0.05, 0) is 6.92 Å². The number of thiol groups is 1. The van der Waals surface area contributed by atoms with Gasteiger partial charge in [0.25, 0.3) is 0 Å². The molecule has 68 valence electrons. The predicted octanol–water partition coefficient (Wildman–Crippen LogP) is 1.51. The molecule has 1 N–H and O–H groups in total.